The summed E-state index contributed by atoms with van der Waals surface area (Å²) in [7, 11) is 1.64. The molecule has 2 fully saturated rings. The van der Waals surface area contributed by atoms with Gasteiger partial charge in [0, 0.05) is 37.7 Å². The quantitative estimate of drug-likeness (QED) is 0.781. The highest BCUT2D eigenvalue weighted by atomic mass is 16.5. The van der Waals surface area contributed by atoms with E-state index in [4.69, 9.17) is 9.47 Å². The molecule has 0 unspecified atom stereocenters. The highest BCUT2D eigenvalue weighted by molar-refractivity contribution is 5.96. The van der Waals surface area contributed by atoms with Crippen LogP contribution in [0.4, 0.5) is 0 Å². The summed E-state index contributed by atoms with van der Waals surface area (Å²) in [5, 5.41) is 0. The van der Waals surface area contributed by atoms with Crippen molar-refractivity contribution in [3.8, 4) is 5.75 Å². The zero-order valence-corrected chi connectivity index (χ0v) is 17.5. The number of nitrogens with zero attached hydrogens (tertiary/aromatic N) is 2. The molecule has 0 saturated carbocycles. The van der Waals surface area contributed by atoms with E-state index in [1.54, 1.807) is 7.11 Å². The third kappa shape index (κ3) is 4.05. The van der Waals surface area contributed by atoms with E-state index in [1.165, 1.54) is 0 Å². The van der Waals surface area contributed by atoms with Gasteiger partial charge in [0.15, 0.2) is 0 Å². The number of carbonyl (C=O) groups is 2. The molecule has 0 spiro atoms. The monoisotopic (exact) mass is 408 g/mol. The zero-order valence-electron chi connectivity index (χ0n) is 17.5. The van der Waals surface area contributed by atoms with E-state index in [9.17, 15) is 9.59 Å². The van der Waals surface area contributed by atoms with Crippen LogP contribution >= 0.6 is 0 Å². The Bertz CT molecular complexity index is 923. The highest BCUT2D eigenvalue weighted by Crippen LogP contribution is 2.36. The summed E-state index contributed by atoms with van der Waals surface area (Å²) in [4.78, 5) is 30.4. The standard InChI is InChI=1S/C24H28N2O4/c1-17-6-3-4-9-20(17)23(27)26-15-21(18-7-5-8-19(14-18)29-2)22(16-26)24(28)25-10-12-30-13-11-25/h3-9,14,21-22H,10-13,15-16H2,1-2H3/t21-,22+/m0/s1. The summed E-state index contributed by atoms with van der Waals surface area (Å²) in [6.45, 7) is 5.21. The first-order valence-electron chi connectivity index (χ1n) is 10.4. The lowest BCUT2D eigenvalue weighted by atomic mass is 9.87. The third-order valence-corrected chi connectivity index (χ3v) is 6.14. The van der Waals surface area contributed by atoms with Gasteiger partial charge in [-0.15, -0.1) is 0 Å². The lowest BCUT2D eigenvalue weighted by molar-refractivity contribution is -0.139. The molecule has 2 heterocycles. The number of benzene rings is 2. The van der Waals surface area contributed by atoms with E-state index >= 15 is 0 Å². The maximum absolute atomic E-state index is 13.4. The van der Waals surface area contributed by atoms with Gasteiger partial charge in [-0.3, -0.25) is 9.59 Å². The van der Waals surface area contributed by atoms with E-state index < -0.39 is 0 Å². The van der Waals surface area contributed by atoms with Crippen LogP contribution in [-0.4, -0.2) is 68.1 Å². The summed E-state index contributed by atoms with van der Waals surface area (Å²) in [5.41, 5.74) is 2.67. The Morgan fingerprint density at radius 1 is 1.00 bits per heavy atom. The first-order chi connectivity index (χ1) is 14.6. The first-order valence-corrected chi connectivity index (χ1v) is 10.4. The van der Waals surface area contributed by atoms with Crippen LogP contribution in [0.5, 0.6) is 5.75 Å². The Balaban J connectivity index is 1.63. The number of morpholine rings is 1. The molecule has 158 valence electrons. The molecule has 2 aliphatic heterocycles. The Morgan fingerprint density at radius 3 is 2.50 bits per heavy atom. The number of rotatable bonds is 4. The summed E-state index contributed by atoms with van der Waals surface area (Å²) >= 11 is 0. The van der Waals surface area contributed by atoms with Crippen LogP contribution in [0.2, 0.25) is 0 Å². The summed E-state index contributed by atoms with van der Waals surface area (Å²) in [6.07, 6.45) is 0. The molecule has 2 aromatic rings. The van der Waals surface area contributed by atoms with Crippen molar-refractivity contribution in [1.29, 1.82) is 0 Å². The van der Waals surface area contributed by atoms with E-state index in [0.29, 0.717) is 45.0 Å². The molecule has 0 aliphatic carbocycles. The molecule has 2 aliphatic rings. The average Bonchev–Trinajstić information content (AvgIpc) is 3.24. The molecule has 6 nitrogen and oxygen atoms in total. The minimum Gasteiger partial charge on any atom is -0.497 e. The third-order valence-electron chi connectivity index (χ3n) is 6.14. The van der Waals surface area contributed by atoms with Crippen LogP contribution < -0.4 is 4.74 Å². The van der Waals surface area contributed by atoms with Crippen molar-refractivity contribution < 1.29 is 19.1 Å². The fourth-order valence-electron chi connectivity index (χ4n) is 4.43. The van der Waals surface area contributed by atoms with Gasteiger partial charge in [0.05, 0.1) is 26.2 Å². The lowest BCUT2D eigenvalue weighted by Gasteiger charge is -2.31. The number of hydrogen-bond acceptors (Lipinski definition) is 4. The molecule has 2 aromatic carbocycles. The second-order valence-electron chi connectivity index (χ2n) is 7.95. The Labute approximate surface area is 177 Å². The molecule has 0 radical (unpaired) electrons. The van der Waals surface area contributed by atoms with Crippen molar-refractivity contribution >= 4 is 11.8 Å². The van der Waals surface area contributed by atoms with Gasteiger partial charge in [0.2, 0.25) is 5.91 Å². The van der Waals surface area contributed by atoms with Gasteiger partial charge in [-0.25, -0.2) is 0 Å². The molecular weight excluding hydrogens is 380 g/mol. The SMILES string of the molecule is COc1cccc([C@@H]2CN(C(=O)c3ccccc3C)C[C@H]2C(=O)N2CCOCC2)c1. The van der Waals surface area contributed by atoms with Gasteiger partial charge in [0.25, 0.3) is 5.91 Å². The largest absolute Gasteiger partial charge is 0.497 e. The van der Waals surface area contributed by atoms with Gasteiger partial charge < -0.3 is 19.3 Å². The molecule has 2 amide bonds. The molecular formula is C24H28N2O4. The number of amides is 2. The molecule has 4 rings (SSSR count). The van der Waals surface area contributed by atoms with Gasteiger partial charge in [-0.1, -0.05) is 30.3 Å². The van der Waals surface area contributed by atoms with Gasteiger partial charge in [0.1, 0.15) is 5.75 Å². The van der Waals surface area contributed by atoms with Crippen molar-refractivity contribution in [2.75, 3.05) is 46.5 Å². The summed E-state index contributed by atoms with van der Waals surface area (Å²) in [6, 6.07) is 15.4. The van der Waals surface area contributed by atoms with Gasteiger partial charge in [-0.05, 0) is 36.2 Å². The zero-order chi connectivity index (χ0) is 21.1. The smallest absolute Gasteiger partial charge is 0.254 e. The molecule has 6 heteroatoms. The number of likely N-dealkylation sites (tertiary alicyclic amines) is 1. The van der Waals surface area contributed by atoms with E-state index in [-0.39, 0.29) is 23.7 Å². The van der Waals surface area contributed by atoms with Crippen molar-refractivity contribution in [3.05, 3.63) is 65.2 Å². The summed E-state index contributed by atoms with van der Waals surface area (Å²) in [5.74, 6) is 0.504. The minimum atomic E-state index is -0.275. The number of methoxy groups -OCH3 is 1. The van der Waals surface area contributed by atoms with Crippen molar-refractivity contribution in [2.45, 2.75) is 12.8 Å². The Kier molecular flexibility index (Phi) is 6.04. The van der Waals surface area contributed by atoms with Crippen molar-refractivity contribution in [2.24, 2.45) is 5.92 Å². The predicted octanol–water partition coefficient (Wildman–Crippen LogP) is 2.72. The van der Waals surface area contributed by atoms with Crippen LogP contribution in [0, 0.1) is 12.8 Å². The maximum atomic E-state index is 13.4. The van der Waals surface area contributed by atoms with Crippen LogP contribution in [0.25, 0.3) is 0 Å². The number of carbonyl (C=O) groups excluding carboxylic acids is 2. The van der Waals surface area contributed by atoms with E-state index in [2.05, 4.69) is 0 Å². The van der Waals surface area contributed by atoms with Crippen LogP contribution in [0.1, 0.15) is 27.4 Å². The minimum absolute atomic E-state index is 0.0155. The molecule has 30 heavy (non-hydrogen) atoms. The van der Waals surface area contributed by atoms with Gasteiger partial charge in [-0.2, -0.15) is 0 Å². The first kappa shape index (κ1) is 20.4. The van der Waals surface area contributed by atoms with Crippen LogP contribution in [0.3, 0.4) is 0 Å². The Hall–Kier alpha value is -2.86. The normalized spacial score (nSPS) is 21.5. The molecule has 0 aromatic heterocycles. The lowest BCUT2D eigenvalue weighted by Crippen LogP contribution is -2.45. The number of hydrogen-bond donors (Lipinski definition) is 0. The topological polar surface area (TPSA) is 59.1 Å². The van der Waals surface area contributed by atoms with Crippen LogP contribution in [-0.2, 0) is 9.53 Å². The second kappa shape index (κ2) is 8.88. The fraction of sp³-hybridized carbons (Fsp3) is 0.417. The predicted molar refractivity (Wildman–Crippen MR) is 114 cm³/mol. The van der Waals surface area contributed by atoms with Crippen molar-refractivity contribution in [3.63, 3.8) is 0 Å². The summed E-state index contributed by atoms with van der Waals surface area (Å²) < 4.78 is 10.8. The fourth-order valence-corrected chi connectivity index (χ4v) is 4.43. The molecule has 0 N–H and O–H groups in total. The highest BCUT2D eigenvalue weighted by Gasteiger charge is 2.42. The van der Waals surface area contributed by atoms with Gasteiger partial charge >= 0.3 is 0 Å². The average molecular weight is 408 g/mol. The van der Waals surface area contributed by atoms with E-state index in [1.807, 2.05) is 65.3 Å². The number of ether oxygens (including phenoxy) is 2. The second-order valence-corrected chi connectivity index (χ2v) is 7.95. The number of aryl methyl sites for hydroxylation is 1. The van der Waals surface area contributed by atoms with E-state index in [0.717, 1.165) is 16.9 Å². The van der Waals surface area contributed by atoms with Crippen LogP contribution in [0.15, 0.2) is 48.5 Å². The molecule has 0 bridgehead atoms. The molecule has 2 saturated heterocycles. The molecule has 2 atom stereocenters. The Morgan fingerprint density at radius 2 is 1.77 bits per heavy atom. The maximum Gasteiger partial charge on any atom is 0.254 e. The van der Waals surface area contributed by atoms with Crippen molar-refractivity contribution in [1.82, 2.24) is 9.80 Å².